The fraction of sp³-hybridized carbons (Fsp3) is 0.400. The summed E-state index contributed by atoms with van der Waals surface area (Å²) >= 11 is 0. The van der Waals surface area contributed by atoms with E-state index in [4.69, 9.17) is 0 Å². The zero-order chi connectivity index (χ0) is 6.85. The second-order valence-corrected chi connectivity index (χ2v) is 1.84. The van der Waals surface area contributed by atoms with Gasteiger partial charge in [0.25, 0.3) is 5.91 Å². The van der Waals surface area contributed by atoms with Gasteiger partial charge in [0, 0.05) is 6.21 Å². The Morgan fingerprint density at radius 2 is 2.56 bits per heavy atom. The maximum Gasteiger partial charge on any atom is 0.256 e. The molecule has 0 aromatic rings. The van der Waals surface area contributed by atoms with Crippen LogP contribution in [0.2, 0.25) is 0 Å². The molecule has 0 spiro atoms. The minimum atomic E-state index is -0.648. The summed E-state index contributed by atoms with van der Waals surface area (Å²) in [4.78, 5) is 21.1. The maximum absolute atomic E-state index is 10.6. The Hall–Kier alpha value is -1.19. The third-order valence-electron chi connectivity index (χ3n) is 1.12. The van der Waals surface area contributed by atoms with E-state index in [0.717, 1.165) is 0 Å². The monoisotopic (exact) mass is 126 g/mol. The summed E-state index contributed by atoms with van der Waals surface area (Å²) in [6.07, 6.45) is 1.31. The summed E-state index contributed by atoms with van der Waals surface area (Å²) in [6.45, 7) is 1.36. The summed E-state index contributed by atoms with van der Waals surface area (Å²) in [5, 5.41) is 3.42. The molecule has 48 valence electrons. The molecule has 1 rings (SSSR count). The molecule has 0 aliphatic carbocycles. The summed E-state index contributed by atoms with van der Waals surface area (Å²) in [7, 11) is 0. The molecule has 1 N–H and O–H groups in total. The lowest BCUT2D eigenvalue weighted by molar-refractivity contribution is -0.129. The number of Topliss-reactive ketones (excluding diaryl/α,β-unsaturated/α-hetero) is 1. The van der Waals surface area contributed by atoms with Gasteiger partial charge in [0.05, 0.1) is 0 Å². The molecule has 4 heteroatoms. The lowest BCUT2D eigenvalue weighted by atomic mass is 10.1. The van der Waals surface area contributed by atoms with Crippen LogP contribution < -0.4 is 5.43 Å². The van der Waals surface area contributed by atoms with Crippen molar-refractivity contribution in [1.82, 2.24) is 5.43 Å². The van der Waals surface area contributed by atoms with E-state index in [-0.39, 0.29) is 11.7 Å². The maximum atomic E-state index is 10.6. The van der Waals surface area contributed by atoms with Gasteiger partial charge in [-0.15, -0.1) is 0 Å². The fourth-order valence-electron chi connectivity index (χ4n) is 0.602. The predicted molar refractivity (Wildman–Crippen MR) is 30.8 cm³/mol. The molecule has 1 amide bonds. The van der Waals surface area contributed by atoms with E-state index in [1.54, 1.807) is 0 Å². The number of carbonyl (C=O) groups is 2. The Labute approximate surface area is 51.9 Å². The van der Waals surface area contributed by atoms with Gasteiger partial charge >= 0.3 is 0 Å². The number of carbonyl (C=O) groups excluding carboxylic acids is 2. The number of rotatable bonds is 1. The van der Waals surface area contributed by atoms with Gasteiger partial charge in [-0.2, -0.15) is 5.10 Å². The molecule has 4 nitrogen and oxygen atoms in total. The van der Waals surface area contributed by atoms with Gasteiger partial charge in [-0.1, -0.05) is 0 Å². The molecular weight excluding hydrogens is 120 g/mol. The Balaban J connectivity index is 2.71. The molecule has 0 saturated carbocycles. The average Bonchev–Trinajstić information content (AvgIpc) is 2.13. The average molecular weight is 126 g/mol. The molecule has 1 heterocycles. The lowest BCUT2D eigenvalue weighted by Crippen LogP contribution is -2.25. The van der Waals surface area contributed by atoms with E-state index >= 15 is 0 Å². The van der Waals surface area contributed by atoms with E-state index in [9.17, 15) is 9.59 Å². The number of nitrogens with one attached hydrogen (secondary N) is 1. The molecular formula is C5H6N2O2. The number of ketones is 1. The first kappa shape index (κ1) is 5.94. The SMILES string of the molecule is CC(=O)C1C=NNC1=O. The van der Waals surface area contributed by atoms with Gasteiger partial charge < -0.3 is 0 Å². The topological polar surface area (TPSA) is 58.5 Å². The first-order valence-electron chi connectivity index (χ1n) is 2.55. The quantitative estimate of drug-likeness (QED) is 0.472. The molecule has 0 radical (unpaired) electrons. The minimum Gasteiger partial charge on any atom is -0.299 e. The van der Waals surface area contributed by atoms with E-state index < -0.39 is 5.92 Å². The van der Waals surface area contributed by atoms with Crippen LogP contribution in [0.25, 0.3) is 0 Å². The molecule has 9 heavy (non-hydrogen) atoms. The number of hydrogen-bond acceptors (Lipinski definition) is 3. The van der Waals surface area contributed by atoms with Gasteiger partial charge in [0.2, 0.25) is 0 Å². The molecule has 0 aromatic carbocycles. The highest BCUT2D eigenvalue weighted by atomic mass is 16.2. The van der Waals surface area contributed by atoms with Crippen LogP contribution in [0, 0.1) is 5.92 Å². The molecule has 0 aromatic heterocycles. The van der Waals surface area contributed by atoms with E-state index in [2.05, 4.69) is 10.5 Å². The van der Waals surface area contributed by atoms with Crippen molar-refractivity contribution < 1.29 is 9.59 Å². The van der Waals surface area contributed by atoms with Crippen LogP contribution in [0.1, 0.15) is 6.92 Å². The smallest absolute Gasteiger partial charge is 0.256 e. The largest absolute Gasteiger partial charge is 0.299 e. The van der Waals surface area contributed by atoms with Gasteiger partial charge in [0.1, 0.15) is 11.7 Å². The van der Waals surface area contributed by atoms with Gasteiger partial charge in [-0.3, -0.25) is 9.59 Å². The van der Waals surface area contributed by atoms with Crippen molar-refractivity contribution >= 4 is 17.9 Å². The fourth-order valence-corrected chi connectivity index (χ4v) is 0.602. The zero-order valence-corrected chi connectivity index (χ0v) is 4.92. The van der Waals surface area contributed by atoms with Crippen molar-refractivity contribution in [2.75, 3.05) is 0 Å². The standard InChI is InChI=1S/C5H6N2O2/c1-3(8)4-2-6-7-5(4)9/h2,4H,1H3,(H,7,9). The molecule has 1 unspecified atom stereocenters. The minimum absolute atomic E-state index is 0.172. The second-order valence-electron chi connectivity index (χ2n) is 1.84. The van der Waals surface area contributed by atoms with E-state index in [1.807, 2.05) is 0 Å². The predicted octanol–water partition coefficient (Wildman–Crippen LogP) is -0.693. The van der Waals surface area contributed by atoms with Crippen molar-refractivity contribution in [2.24, 2.45) is 11.0 Å². The molecule has 1 aliphatic heterocycles. The van der Waals surface area contributed by atoms with Gasteiger partial charge in [-0.05, 0) is 6.92 Å². The van der Waals surface area contributed by atoms with Crippen LogP contribution in [0.3, 0.4) is 0 Å². The highest BCUT2D eigenvalue weighted by molar-refractivity contribution is 6.15. The number of nitrogens with zero attached hydrogens (tertiary/aromatic N) is 1. The second kappa shape index (κ2) is 1.97. The van der Waals surface area contributed by atoms with Crippen molar-refractivity contribution in [1.29, 1.82) is 0 Å². The molecule has 1 aliphatic rings. The summed E-state index contributed by atoms with van der Waals surface area (Å²) in [5.41, 5.74) is 2.16. The van der Waals surface area contributed by atoms with Crippen molar-refractivity contribution in [3.8, 4) is 0 Å². The van der Waals surface area contributed by atoms with Crippen molar-refractivity contribution in [3.05, 3.63) is 0 Å². The summed E-state index contributed by atoms with van der Waals surface area (Å²) < 4.78 is 0. The highest BCUT2D eigenvalue weighted by Gasteiger charge is 2.24. The zero-order valence-electron chi connectivity index (χ0n) is 4.92. The normalized spacial score (nSPS) is 24.1. The van der Waals surface area contributed by atoms with Crippen LogP contribution in [-0.2, 0) is 9.59 Å². The van der Waals surface area contributed by atoms with Crippen molar-refractivity contribution in [2.45, 2.75) is 6.92 Å². The Morgan fingerprint density at radius 1 is 1.89 bits per heavy atom. The van der Waals surface area contributed by atoms with Crippen LogP contribution in [0.4, 0.5) is 0 Å². The van der Waals surface area contributed by atoms with Gasteiger partial charge in [-0.25, -0.2) is 5.43 Å². The van der Waals surface area contributed by atoms with Crippen LogP contribution in [-0.4, -0.2) is 17.9 Å². The van der Waals surface area contributed by atoms with E-state index in [0.29, 0.717) is 0 Å². The number of hydrazone groups is 1. The van der Waals surface area contributed by atoms with E-state index in [1.165, 1.54) is 13.1 Å². The third kappa shape index (κ3) is 0.960. The molecule has 0 fully saturated rings. The van der Waals surface area contributed by atoms with Crippen LogP contribution >= 0.6 is 0 Å². The van der Waals surface area contributed by atoms with Crippen molar-refractivity contribution in [3.63, 3.8) is 0 Å². The lowest BCUT2D eigenvalue weighted by Gasteiger charge is -1.94. The van der Waals surface area contributed by atoms with Crippen LogP contribution in [0.15, 0.2) is 5.10 Å². The summed E-state index contributed by atoms with van der Waals surface area (Å²) in [5.74, 6) is -1.15. The van der Waals surface area contributed by atoms with Gasteiger partial charge in [0.15, 0.2) is 0 Å². The molecule has 0 saturated heterocycles. The first-order chi connectivity index (χ1) is 4.22. The first-order valence-corrected chi connectivity index (χ1v) is 2.55. The number of amides is 1. The Bertz CT molecular complexity index is 185. The van der Waals surface area contributed by atoms with Crippen LogP contribution in [0.5, 0.6) is 0 Å². The molecule has 0 bridgehead atoms. The Kier molecular flexibility index (Phi) is 1.30. The number of hydrogen-bond donors (Lipinski definition) is 1. The highest BCUT2D eigenvalue weighted by Crippen LogP contribution is 1.99. The molecule has 1 atom stereocenters. The summed E-state index contributed by atoms with van der Waals surface area (Å²) in [6, 6.07) is 0. The third-order valence-corrected chi connectivity index (χ3v) is 1.12. The Morgan fingerprint density at radius 3 is 2.78 bits per heavy atom.